The second-order valence-corrected chi connectivity index (χ2v) is 3.79. The Labute approximate surface area is 99.2 Å². The molecule has 0 spiro atoms. The Kier molecular flexibility index (Phi) is 3.51. The molecule has 1 heterocycles. The van der Waals surface area contributed by atoms with Crippen molar-refractivity contribution < 1.29 is 0 Å². The topological polar surface area (TPSA) is 50.9 Å². The van der Waals surface area contributed by atoms with E-state index in [-0.39, 0.29) is 6.04 Å². The minimum atomic E-state index is -0.185. The SMILES string of the molecule is NNC(c1ccccc1)c1ncccc1Cl. The van der Waals surface area contributed by atoms with Gasteiger partial charge in [-0.1, -0.05) is 41.9 Å². The quantitative estimate of drug-likeness (QED) is 0.632. The van der Waals surface area contributed by atoms with Crippen LogP contribution in [-0.4, -0.2) is 4.98 Å². The Balaban J connectivity index is 2.41. The van der Waals surface area contributed by atoms with E-state index in [9.17, 15) is 0 Å². The van der Waals surface area contributed by atoms with Gasteiger partial charge in [-0.15, -0.1) is 0 Å². The molecule has 0 aliphatic rings. The summed E-state index contributed by atoms with van der Waals surface area (Å²) in [6.45, 7) is 0. The molecule has 1 unspecified atom stereocenters. The first-order valence-electron chi connectivity index (χ1n) is 4.94. The maximum atomic E-state index is 6.09. The molecule has 2 aromatic rings. The summed E-state index contributed by atoms with van der Waals surface area (Å²) in [6, 6.07) is 13.2. The van der Waals surface area contributed by atoms with Gasteiger partial charge in [0.25, 0.3) is 0 Å². The molecule has 82 valence electrons. The van der Waals surface area contributed by atoms with Gasteiger partial charge in [0.15, 0.2) is 0 Å². The maximum Gasteiger partial charge on any atom is 0.0896 e. The molecule has 0 radical (unpaired) electrons. The van der Waals surface area contributed by atoms with Crippen LogP contribution in [0.2, 0.25) is 5.02 Å². The Morgan fingerprint density at radius 2 is 1.88 bits per heavy atom. The van der Waals surface area contributed by atoms with Crippen LogP contribution in [0, 0.1) is 0 Å². The zero-order valence-electron chi connectivity index (χ0n) is 8.60. The molecule has 0 fully saturated rings. The Bertz CT molecular complexity index is 459. The van der Waals surface area contributed by atoms with E-state index in [0.717, 1.165) is 11.3 Å². The van der Waals surface area contributed by atoms with Crippen LogP contribution in [0.5, 0.6) is 0 Å². The predicted molar refractivity (Wildman–Crippen MR) is 64.9 cm³/mol. The zero-order valence-corrected chi connectivity index (χ0v) is 9.35. The number of hydrogen-bond acceptors (Lipinski definition) is 3. The minimum Gasteiger partial charge on any atom is -0.271 e. The van der Waals surface area contributed by atoms with E-state index < -0.39 is 0 Å². The van der Waals surface area contributed by atoms with Crippen LogP contribution in [-0.2, 0) is 0 Å². The first-order chi connectivity index (χ1) is 7.83. The van der Waals surface area contributed by atoms with Crippen LogP contribution in [0.4, 0.5) is 0 Å². The van der Waals surface area contributed by atoms with Crippen LogP contribution in [0.25, 0.3) is 0 Å². The van der Waals surface area contributed by atoms with E-state index in [1.807, 2.05) is 30.3 Å². The highest BCUT2D eigenvalue weighted by Crippen LogP contribution is 2.25. The third-order valence-corrected chi connectivity index (χ3v) is 2.68. The molecule has 1 aromatic heterocycles. The second-order valence-electron chi connectivity index (χ2n) is 3.38. The number of pyridine rings is 1. The first kappa shape index (κ1) is 11.1. The lowest BCUT2D eigenvalue weighted by atomic mass is 10.0. The maximum absolute atomic E-state index is 6.09. The summed E-state index contributed by atoms with van der Waals surface area (Å²) < 4.78 is 0. The molecule has 3 nitrogen and oxygen atoms in total. The van der Waals surface area contributed by atoms with Crippen molar-refractivity contribution in [3.05, 3.63) is 64.9 Å². The molecule has 0 bridgehead atoms. The molecule has 0 aliphatic carbocycles. The number of rotatable bonds is 3. The van der Waals surface area contributed by atoms with Gasteiger partial charge in [-0.25, -0.2) is 5.43 Å². The van der Waals surface area contributed by atoms with Gasteiger partial charge in [0.1, 0.15) is 0 Å². The van der Waals surface area contributed by atoms with E-state index in [2.05, 4.69) is 10.4 Å². The lowest BCUT2D eigenvalue weighted by molar-refractivity contribution is 0.621. The van der Waals surface area contributed by atoms with Gasteiger partial charge < -0.3 is 0 Å². The number of hydrogen-bond donors (Lipinski definition) is 2. The van der Waals surface area contributed by atoms with Crippen LogP contribution < -0.4 is 11.3 Å². The molecule has 0 amide bonds. The van der Waals surface area contributed by atoms with Crippen LogP contribution >= 0.6 is 11.6 Å². The standard InChI is InChI=1S/C12H12ClN3/c13-10-7-4-8-15-12(10)11(16-14)9-5-2-1-3-6-9/h1-8,11,16H,14H2. The van der Waals surface area contributed by atoms with Gasteiger partial charge in [0.2, 0.25) is 0 Å². The van der Waals surface area contributed by atoms with Crippen molar-refractivity contribution >= 4 is 11.6 Å². The van der Waals surface area contributed by atoms with Crippen molar-refractivity contribution in [1.29, 1.82) is 0 Å². The monoisotopic (exact) mass is 233 g/mol. The van der Waals surface area contributed by atoms with Crippen molar-refractivity contribution in [2.45, 2.75) is 6.04 Å². The number of aromatic nitrogens is 1. The number of hydrazine groups is 1. The summed E-state index contributed by atoms with van der Waals surface area (Å²) in [5.41, 5.74) is 4.50. The van der Waals surface area contributed by atoms with E-state index >= 15 is 0 Å². The summed E-state index contributed by atoms with van der Waals surface area (Å²) in [6.07, 6.45) is 1.70. The van der Waals surface area contributed by atoms with E-state index in [1.165, 1.54) is 0 Å². The molecule has 0 saturated carbocycles. The fraction of sp³-hybridized carbons (Fsp3) is 0.0833. The van der Waals surface area contributed by atoms with Gasteiger partial charge in [-0.3, -0.25) is 10.8 Å². The lowest BCUT2D eigenvalue weighted by Gasteiger charge is -2.16. The lowest BCUT2D eigenvalue weighted by Crippen LogP contribution is -2.29. The normalized spacial score (nSPS) is 12.4. The van der Waals surface area contributed by atoms with Crippen molar-refractivity contribution in [3.8, 4) is 0 Å². The molecule has 4 heteroatoms. The number of benzene rings is 1. The largest absolute Gasteiger partial charge is 0.271 e. The van der Waals surface area contributed by atoms with Crippen molar-refractivity contribution in [2.75, 3.05) is 0 Å². The molecule has 2 rings (SSSR count). The summed E-state index contributed by atoms with van der Waals surface area (Å²) in [4.78, 5) is 4.25. The van der Waals surface area contributed by atoms with Crippen LogP contribution in [0.1, 0.15) is 17.3 Å². The Morgan fingerprint density at radius 3 is 2.50 bits per heavy atom. The van der Waals surface area contributed by atoms with Gasteiger partial charge in [-0.2, -0.15) is 0 Å². The molecular formula is C12H12ClN3. The van der Waals surface area contributed by atoms with E-state index in [1.54, 1.807) is 18.3 Å². The first-order valence-corrected chi connectivity index (χ1v) is 5.32. The average Bonchev–Trinajstić information content (AvgIpc) is 2.34. The fourth-order valence-corrected chi connectivity index (χ4v) is 1.82. The van der Waals surface area contributed by atoms with Crippen molar-refractivity contribution in [3.63, 3.8) is 0 Å². The highest BCUT2D eigenvalue weighted by Gasteiger charge is 2.15. The summed E-state index contributed by atoms with van der Waals surface area (Å²) >= 11 is 6.09. The van der Waals surface area contributed by atoms with Crippen molar-refractivity contribution in [2.24, 2.45) is 5.84 Å². The van der Waals surface area contributed by atoms with Gasteiger partial charge >= 0.3 is 0 Å². The molecule has 16 heavy (non-hydrogen) atoms. The number of nitrogens with two attached hydrogens (primary N) is 1. The third kappa shape index (κ3) is 2.22. The highest BCUT2D eigenvalue weighted by molar-refractivity contribution is 6.31. The van der Waals surface area contributed by atoms with Crippen LogP contribution in [0.3, 0.4) is 0 Å². The zero-order chi connectivity index (χ0) is 11.4. The van der Waals surface area contributed by atoms with E-state index in [4.69, 9.17) is 17.4 Å². The number of halogens is 1. The van der Waals surface area contributed by atoms with Gasteiger partial charge in [0, 0.05) is 6.20 Å². The Hall–Kier alpha value is -1.42. The predicted octanol–water partition coefficient (Wildman–Crippen LogP) is 2.29. The second kappa shape index (κ2) is 5.07. The summed E-state index contributed by atoms with van der Waals surface area (Å²) in [5.74, 6) is 5.56. The average molecular weight is 234 g/mol. The highest BCUT2D eigenvalue weighted by atomic mass is 35.5. The summed E-state index contributed by atoms with van der Waals surface area (Å²) in [7, 11) is 0. The van der Waals surface area contributed by atoms with E-state index in [0.29, 0.717) is 5.02 Å². The smallest absolute Gasteiger partial charge is 0.0896 e. The fourth-order valence-electron chi connectivity index (χ4n) is 1.59. The van der Waals surface area contributed by atoms with Crippen molar-refractivity contribution in [1.82, 2.24) is 10.4 Å². The molecule has 3 N–H and O–H groups in total. The number of nitrogens with one attached hydrogen (secondary N) is 1. The molecule has 0 saturated heterocycles. The molecule has 0 aliphatic heterocycles. The Morgan fingerprint density at radius 1 is 1.12 bits per heavy atom. The van der Waals surface area contributed by atoms with Gasteiger partial charge in [0.05, 0.1) is 16.8 Å². The minimum absolute atomic E-state index is 0.185. The summed E-state index contributed by atoms with van der Waals surface area (Å²) in [5, 5.41) is 0.606. The molecule has 1 atom stereocenters. The third-order valence-electron chi connectivity index (χ3n) is 2.36. The number of nitrogens with zero attached hydrogens (tertiary/aromatic N) is 1. The van der Waals surface area contributed by atoms with Crippen LogP contribution in [0.15, 0.2) is 48.7 Å². The van der Waals surface area contributed by atoms with Gasteiger partial charge in [-0.05, 0) is 17.7 Å². The molecule has 1 aromatic carbocycles. The molecular weight excluding hydrogens is 222 g/mol.